The Bertz CT molecular complexity index is 3270. The second-order valence-corrected chi connectivity index (χ2v) is 14.2. The summed E-state index contributed by atoms with van der Waals surface area (Å²) in [5.41, 5.74) is 11.3. The first kappa shape index (κ1) is 31.2. The normalized spacial score (nSPS) is 11.6. The van der Waals surface area contributed by atoms with Gasteiger partial charge >= 0.3 is 0 Å². The first-order valence-corrected chi connectivity index (χ1v) is 18.7. The van der Waals surface area contributed by atoms with Crippen molar-refractivity contribution < 1.29 is 0 Å². The van der Waals surface area contributed by atoms with E-state index < -0.39 is 0 Å². The minimum absolute atomic E-state index is 0.893. The molecule has 0 bridgehead atoms. The Balaban J connectivity index is 1.18. The third-order valence-corrected chi connectivity index (χ3v) is 11.0. The van der Waals surface area contributed by atoms with Gasteiger partial charge in [-0.15, -0.1) is 0 Å². The van der Waals surface area contributed by atoms with E-state index in [-0.39, 0.29) is 0 Å². The van der Waals surface area contributed by atoms with Crippen LogP contribution in [0.15, 0.2) is 200 Å². The van der Waals surface area contributed by atoms with Crippen LogP contribution in [0.25, 0.3) is 105 Å². The second kappa shape index (κ2) is 12.6. The zero-order valence-corrected chi connectivity index (χ0v) is 29.9. The van der Waals surface area contributed by atoms with Gasteiger partial charge in [0.25, 0.3) is 0 Å². The molecule has 0 N–H and O–H groups in total. The molecule has 0 aliphatic heterocycles. The number of fused-ring (bicyclic) bond motifs is 5. The monoisotopic (exact) mass is 699 g/mol. The molecule has 11 rings (SSSR count). The first-order valence-electron chi connectivity index (χ1n) is 18.7. The van der Waals surface area contributed by atoms with Crippen molar-refractivity contribution in [3.63, 3.8) is 0 Å². The molecule has 3 heteroatoms. The number of hydrogen-bond acceptors (Lipinski definition) is 2. The number of imidazole rings is 1. The quantitative estimate of drug-likeness (QED) is 0.167. The Morgan fingerprint density at radius 2 is 0.909 bits per heavy atom. The van der Waals surface area contributed by atoms with Gasteiger partial charge in [-0.1, -0.05) is 133 Å². The summed E-state index contributed by atoms with van der Waals surface area (Å²) in [5.74, 6) is 0.893. The fraction of sp³-hybridized carbons (Fsp3) is 0. The molecule has 0 aliphatic carbocycles. The van der Waals surface area contributed by atoms with E-state index >= 15 is 0 Å². The van der Waals surface area contributed by atoms with Crippen molar-refractivity contribution in [1.29, 1.82) is 0 Å². The van der Waals surface area contributed by atoms with Crippen LogP contribution >= 0.6 is 0 Å². The van der Waals surface area contributed by atoms with Gasteiger partial charge in [0.1, 0.15) is 5.82 Å². The van der Waals surface area contributed by atoms with Crippen LogP contribution in [0.5, 0.6) is 0 Å². The lowest BCUT2D eigenvalue weighted by Crippen LogP contribution is -1.98. The molecule has 2 aromatic heterocycles. The lowest BCUT2D eigenvalue weighted by Gasteiger charge is -2.19. The number of nitrogens with zero attached hydrogens (tertiary/aromatic N) is 3. The molecule has 0 saturated carbocycles. The molecule has 9 aromatic carbocycles. The van der Waals surface area contributed by atoms with E-state index in [1.54, 1.807) is 0 Å². The molecule has 55 heavy (non-hydrogen) atoms. The number of rotatable bonds is 5. The maximum atomic E-state index is 5.09. The molecule has 3 nitrogen and oxygen atoms in total. The smallest absolute Gasteiger partial charge is 0.145 e. The molecule has 0 radical (unpaired) electrons. The van der Waals surface area contributed by atoms with Gasteiger partial charge in [0.15, 0.2) is 0 Å². The molecule has 256 valence electrons. The summed E-state index contributed by atoms with van der Waals surface area (Å²) in [4.78, 5) is 9.36. The zero-order valence-electron chi connectivity index (χ0n) is 29.9. The third-order valence-electron chi connectivity index (χ3n) is 11.0. The van der Waals surface area contributed by atoms with Crippen molar-refractivity contribution >= 4 is 54.1 Å². The molecule has 0 unspecified atom stereocenters. The predicted octanol–water partition coefficient (Wildman–Crippen LogP) is 13.7. The highest BCUT2D eigenvalue weighted by molar-refractivity contribution is 6.22. The Kier molecular flexibility index (Phi) is 7.17. The van der Waals surface area contributed by atoms with E-state index in [1.165, 1.54) is 65.3 Å². The molecular formula is C52H33N3. The number of benzene rings is 9. The molecule has 0 spiro atoms. The Morgan fingerprint density at radius 3 is 1.62 bits per heavy atom. The predicted molar refractivity (Wildman–Crippen MR) is 231 cm³/mol. The number of hydrogen-bond donors (Lipinski definition) is 0. The van der Waals surface area contributed by atoms with Crippen LogP contribution in [0, 0.1) is 0 Å². The number of pyridine rings is 1. The van der Waals surface area contributed by atoms with Crippen molar-refractivity contribution in [3.8, 4) is 50.5 Å². The summed E-state index contributed by atoms with van der Waals surface area (Å²) >= 11 is 0. The molecular weight excluding hydrogens is 667 g/mol. The lowest BCUT2D eigenvalue weighted by molar-refractivity contribution is 1.10. The molecule has 2 heterocycles. The fourth-order valence-corrected chi connectivity index (χ4v) is 8.48. The Hall–Kier alpha value is -7.36. The maximum absolute atomic E-state index is 5.09. The van der Waals surface area contributed by atoms with Gasteiger partial charge in [-0.2, -0.15) is 0 Å². The van der Waals surface area contributed by atoms with Crippen LogP contribution in [0.2, 0.25) is 0 Å². The van der Waals surface area contributed by atoms with Crippen molar-refractivity contribution in [1.82, 2.24) is 14.5 Å². The largest absolute Gasteiger partial charge is 0.292 e. The highest BCUT2D eigenvalue weighted by Gasteiger charge is 2.19. The molecule has 0 atom stereocenters. The van der Waals surface area contributed by atoms with Gasteiger partial charge in [-0.25, -0.2) is 4.98 Å². The van der Waals surface area contributed by atoms with Crippen LogP contribution < -0.4 is 0 Å². The highest BCUT2D eigenvalue weighted by Crippen LogP contribution is 2.46. The van der Waals surface area contributed by atoms with Gasteiger partial charge in [-0.05, 0) is 131 Å². The summed E-state index contributed by atoms with van der Waals surface area (Å²) in [6, 6.07) is 68.2. The minimum atomic E-state index is 0.893. The van der Waals surface area contributed by atoms with E-state index in [0.29, 0.717) is 0 Å². The summed E-state index contributed by atoms with van der Waals surface area (Å²) < 4.78 is 2.26. The first-order chi connectivity index (χ1) is 27.3. The second-order valence-electron chi connectivity index (χ2n) is 14.2. The molecule has 0 saturated heterocycles. The Labute approximate surface area is 318 Å². The van der Waals surface area contributed by atoms with E-state index in [9.17, 15) is 0 Å². The highest BCUT2D eigenvalue weighted by atomic mass is 15.1. The summed E-state index contributed by atoms with van der Waals surface area (Å²) in [5, 5.41) is 9.91. The molecule has 0 fully saturated rings. The van der Waals surface area contributed by atoms with E-state index in [0.717, 1.165) is 39.2 Å². The van der Waals surface area contributed by atoms with Gasteiger partial charge in [0.05, 0.1) is 11.0 Å². The SMILES string of the molecule is c1cc(-c2ccc3c(-c4ccc5ccccc5c4)c4ccccc4c(-c4ccc5ccccc5c4)c3c2)cc(-n2c(-c3ccncc3)nc3ccccc32)c1. The van der Waals surface area contributed by atoms with E-state index in [2.05, 4.69) is 179 Å². The lowest BCUT2D eigenvalue weighted by atomic mass is 9.84. The Morgan fingerprint density at radius 1 is 0.345 bits per heavy atom. The van der Waals surface area contributed by atoms with Gasteiger partial charge in [0, 0.05) is 23.6 Å². The third kappa shape index (κ3) is 5.20. The average Bonchev–Trinajstić information content (AvgIpc) is 3.65. The standard InChI is InChI=1S/C52H33N3/c1-3-12-37-30-41(22-20-34(37)10-1)50-44-16-5-6-17-45(44)51(42-23-21-35-11-2-4-13-38(35)31-42)47-33-40(24-25-46(47)50)39-14-9-15-43(32-39)55-49-19-8-7-18-48(49)54-52(55)36-26-28-53-29-27-36/h1-33H. The van der Waals surface area contributed by atoms with Crippen LogP contribution in [0.1, 0.15) is 0 Å². The van der Waals surface area contributed by atoms with Gasteiger partial charge in [0.2, 0.25) is 0 Å². The van der Waals surface area contributed by atoms with Crippen molar-refractivity contribution in [3.05, 3.63) is 200 Å². The van der Waals surface area contributed by atoms with Gasteiger partial charge in [-0.3, -0.25) is 9.55 Å². The summed E-state index contributed by atoms with van der Waals surface area (Å²) in [7, 11) is 0. The molecule has 11 aromatic rings. The molecule has 0 aliphatic rings. The van der Waals surface area contributed by atoms with Crippen LogP contribution in [-0.2, 0) is 0 Å². The van der Waals surface area contributed by atoms with Crippen molar-refractivity contribution in [2.45, 2.75) is 0 Å². The zero-order chi connectivity index (χ0) is 36.3. The minimum Gasteiger partial charge on any atom is -0.292 e. The van der Waals surface area contributed by atoms with Crippen molar-refractivity contribution in [2.75, 3.05) is 0 Å². The molecule has 0 amide bonds. The van der Waals surface area contributed by atoms with Crippen LogP contribution in [-0.4, -0.2) is 14.5 Å². The van der Waals surface area contributed by atoms with Gasteiger partial charge < -0.3 is 0 Å². The average molecular weight is 700 g/mol. The number of para-hydroxylation sites is 2. The van der Waals surface area contributed by atoms with Crippen LogP contribution in [0.3, 0.4) is 0 Å². The van der Waals surface area contributed by atoms with Crippen LogP contribution in [0.4, 0.5) is 0 Å². The fourth-order valence-electron chi connectivity index (χ4n) is 8.48. The summed E-state index contributed by atoms with van der Waals surface area (Å²) in [6.45, 7) is 0. The van der Waals surface area contributed by atoms with Crippen molar-refractivity contribution in [2.24, 2.45) is 0 Å². The topological polar surface area (TPSA) is 30.7 Å². The van der Waals surface area contributed by atoms with E-state index in [1.807, 2.05) is 30.6 Å². The number of aromatic nitrogens is 3. The summed E-state index contributed by atoms with van der Waals surface area (Å²) in [6.07, 6.45) is 3.65. The van der Waals surface area contributed by atoms with E-state index in [4.69, 9.17) is 4.98 Å². The maximum Gasteiger partial charge on any atom is 0.145 e.